The minimum absolute atomic E-state index is 0.0636. The fraction of sp³-hybridized carbons (Fsp3) is 0.300. The molecule has 1 amide bonds. The van der Waals surface area contributed by atoms with Gasteiger partial charge in [0.1, 0.15) is 5.82 Å². The third-order valence-electron chi connectivity index (χ3n) is 4.21. The minimum Gasteiger partial charge on any atom is -0.308 e. The molecule has 3 aromatic rings. The number of nitrogens with zero attached hydrogens (tertiary/aromatic N) is 3. The van der Waals surface area contributed by atoms with Gasteiger partial charge in [-0.25, -0.2) is 9.37 Å². The fourth-order valence-electron chi connectivity index (χ4n) is 2.76. The van der Waals surface area contributed by atoms with Crippen LogP contribution in [0.1, 0.15) is 11.1 Å². The summed E-state index contributed by atoms with van der Waals surface area (Å²) in [6.07, 6.45) is 0.198. The second-order valence-electron chi connectivity index (χ2n) is 6.72. The van der Waals surface area contributed by atoms with E-state index >= 15 is 0 Å². The molecule has 0 saturated heterocycles. The molecule has 142 valence electrons. The Hall–Kier alpha value is -2.02. The molecule has 0 bridgehead atoms. The largest absolute Gasteiger partial charge is 0.308 e. The van der Waals surface area contributed by atoms with E-state index in [1.54, 1.807) is 17.0 Å². The highest BCUT2D eigenvalue weighted by Crippen LogP contribution is 2.33. The monoisotopic (exact) mass is 405 g/mol. The first-order valence-electron chi connectivity index (χ1n) is 8.59. The molecule has 0 fully saturated rings. The number of hydrogen-bond acceptors (Lipinski definition) is 4. The van der Waals surface area contributed by atoms with Crippen molar-refractivity contribution in [2.24, 2.45) is 0 Å². The van der Waals surface area contributed by atoms with Crippen LogP contribution < -0.4 is 4.90 Å². The number of aromatic nitrogens is 1. The Morgan fingerprint density at radius 2 is 1.89 bits per heavy atom. The molecule has 2 aromatic carbocycles. The number of carbonyl (C=O) groups excluding carboxylic acids is 1. The molecule has 0 atom stereocenters. The molecule has 4 nitrogen and oxygen atoms in total. The normalized spacial score (nSPS) is 11.3. The molecule has 1 heterocycles. The zero-order chi connectivity index (χ0) is 19.6. The topological polar surface area (TPSA) is 36.4 Å². The first-order chi connectivity index (χ1) is 12.8. The van der Waals surface area contributed by atoms with Crippen molar-refractivity contribution in [2.45, 2.75) is 13.3 Å². The first-order valence-corrected chi connectivity index (χ1v) is 9.79. The first kappa shape index (κ1) is 19.7. The van der Waals surface area contributed by atoms with Crippen molar-refractivity contribution in [3.8, 4) is 0 Å². The molecule has 0 saturated carbocycles. The van der Waals surface area contributed by atoms with Crippen LogP contribution in [0.3, 0.4) is 0 Å². The van der Waals surface area contributed by atoms with Gasteiger partial charge in [-0.2, -0.15) is 0 Å². The highest BCUT2D eigenvalue weighted by molar-refractivity contribution is 7.22. The van der Waals surface area contributed by atoms with Crippen LogP contribution in [0.25, 0.3) is 10.2 Å². The van der Waals surface area contributed by atoms with Crippen molar-refractivity contribution in [3.05, 3.63) is 58.4 Å². The van der Waals surface area contributed by atoms with Crippen molar-refractivity contribution < 1.29 is 9.18 Å². The van der Waals surface area contributed by atoms with Gasteiger partial charge in [0.15, 0.2) is 5.13 Å². The van der Waals surface area contributed by atoms with Gasteiger partial charge in [-0.1, -0.05) is 35.1 Å². The fourth-order valence-corrected chi connectivity index (χ4v) is 4.22. The predicted molar refractivity (Wildman–Crippen MR) is 110 cm³/mol. The van der Waals surface area contributed by atoms with E-state index in [2.05, 4.69) is 0 Å². The Labute approximate surface area is 167 Å². The number of halogens is 2. The molecule has 3 rings (SSSR count). The molecule has 0 N–H and O–H groups in total. The lowest BCUT2D eigenvalue weighted by Gasteiger charge is -2.22. The van der Waals surface area contributed by atoms with Crippen LogP contribution in [-0.4, -0.2) is 43.0 Å². The van der Waals surface area contributed by atoms with Gasteiger partial charge in [0.2, 0.25) is 5.91 Å². The number of likely N-dealkylation sites (N-methyl/N-ethyl adjacent to an activating group) is 1. The van der Waals surface area contributed by atoms with Crippen molar-refractivity contribution in [3.63, 3.8) is 0 Å². The van der Waals surface area contributed by atoms with E-state index in [0.29, 0.717) is 23.2 Å². The van der Waals surface area contributed by atoms with E-state index in [-0.39, 0.29) is 18.1 Å². The summed E-state index contributed by atoms with van der Waals surface area (Å²) in [5.74, 6) is -0.375. The third-order valence-corrected chi connectivity index (χ3v) is 5.45. The number of thiazole rings is 1. The van der Waals surface area contributed by atoms with Gasteiger partial charge >= 0.3 is 0 Å². The Balaban J connectivity index is 1.91. The average molecular weight is 406 g/mol. The zero-order valence-corrected chi connectivity index (χ0v) is 17.1. The highest BCUT2D eigenvalue weighted by atomic mass is 35.5. The van der Waals surface area contributed by atoms with Crippen LogP contribution in [0.2, 0.25) is 5.02 Å². The Kier molecular flexibility index (Phi) is 6.09. The van der Waals surface area contributed by atoms with Crippen LogP contribution in [0, 0.1) is 12.7 Å². The zero-order valence-electron chi connectivity index (χ0n) is 15.5. The summed E-state index contributed by atoms with van der Waals surface area (Å²) >= 11 is 7.62. The van der Waals surface area contributed by atoms with Crippen LogP contribution >= 0.6 is 22.9 Å². The van der Waals surface area contributed by atoms with Crippen molar-refractivity contribution in [2.75, 3.05) is 32.1 Å². The summed E-state index contributed by atoms with van der Waals surface area (Å²) < 4.78 is 14.1. The van der Waals surface area contributed by atoms with Gasteiger partial charge in [-0.3, -0.25) is 9.69 Å². The molecule has 7 heteroatoms. The number of aryl methyl sites for hydroxylation is 1. The van der Waals surface area contributed by atoms with E-state index in [4.69, 9.17) is 16.6 Å². The molecule has 0 aliphatic heterocycles. The Morgan fingerprint density at radius 3 is 2.56 bits per heavy atom. The summed E-state index contributed by atoms with van der Waals surface area (Å²) in [4.78, 5) is 21.4. The molecular weight excluding hydrogens is 385 g/mol. The molecule has 0 aliphatic rings. The Bertz CT molecular complexity index is 956. The van der Waals surface area contributed by atoms with E-state index in [1.165, 1.54) is 23.5 Å². The molecule has 27 heavy (non-hydrogen) atoms. The van der Waals surface area contributed by atoms with Crippen LogP contribution in [0.5, 0.6) is 0 Å². The standard InChI is InChI=1S/C20H21ClFN3OS/c1-13-10-15(21)12-17-19(13)23-20(27-17)25(9-8-24(2)3)18(26)11-14-4-6-16(22)7-5-14/h4-7,10,12H,8-9,11H2,1-3H3. The minimum atomic E-state index is -0.311. The molecular formula is C20H21ClFN3OS. The van der Waals surface area contributed by atoms with Crippen LogP contribution in [0.15, 0.2) is 36.4 Å². The van der Waals surface area contributed by atoms with Crippen molar-refractivity contribution in [1.29, 1.82) is 0 Å². The lowest BCUT2D eigenvalue weighted by atomic mass is 10.1. The summed E-state index contributed by atoms with van der Waals surface area (Å²) in [6, 6.07) is 9.77. The number of hydrogen-bond donors (Lipinski definition) is 0. The van der Waals surface area contributed by atoms with Crippen LogP contribution in [0.4, 0.5) is 9.52 Å². The molecule has 1 aromatic heterocycles. The maximum Gasteiger partial charge on any atom is 0.233 e. The number of fused-ring (bicyclic) bond motifs is 1. The highest BCUT2D eigenvalue weighted by Gasteiger charge is 2.21. The molecule has 0 radical (unpaired) electrons. The second-order valence-corrected chi connectivity index (χ2v) is 8.16. The SMILES string of the molecule is Cc1cc(Cl)cc2sc(N(CCN(C)C)C(=O)Cc3ccc(F)cc3)nc12. The summed E-state index contributed by atoms with van der Waals surface area (Å²) in [6.45, 7) is 3.20. The molecule has 0 spiro atoms. The van der Waals surface area contributed by atoms with Crippen molar-refractivity contribution in [1.82, 2.24) is 9.88 Å². The Morgan fingerprint density at radius 1 is 1.19 bits per heavy atom. The number of benzene rings is 2. The van der Waals surface area contributed by atoms with Gasteiger partial charge in [0, 0.05) is 18.1 Å². The van der Waals surface area contributed by atoms with Crippen LogP contribution in [-0.2, 0) is 11.2 Å². The summed E-state index contributed by atoms with van der Waals surface area (Å²) in [7, 11) is 3.93. The lowest BCUT2D eigenvalue weighted by molar-refractivity contribution is -0.118. The van der Waals surface area contributed by atoms with Crippen molar-refractivity contribution >= 4 is 44.2 Å². The summed E-state index contributed by atoms with van der Waals surface area (Å²) in [5, 5.41) is 1.32. The molecule has 0 aliphatic carbocycles. The predicted octanol–water partition coefficient (Wildman–Crippen LogP) is 4.53. The summed E-state index contributed by atoms with van der Waals surface area (Å²) in [5.41, 5.74) is 2.62. The lowest BCUT2D eigenvalue weighted by Crippen LogP contribution is -2.37. The molecule has 0 unspecified atom stereocenters. The van der Waals surface area contributed by atoms with Gasteiger partial charge in [0.25, 0.3) is 0 Å². The van der Waals surface area contributed by atoms with E-state index in [0.717, 1.165) is 21.3 Å². The van der Waals surface area contributed by atoms with E-state index in [9.17, 15) is 9.18 Å². The maximum atomic E-state index is 13.1. The quantitative estimate of drug-likeness (QED) is 0.604. The van der Waals surface area contributed by atoms with Gasteiger partial charge in [0.05, 0.1) is 16.6 Å². The smallest absolute Gasteiger partial charge is 0.233 e. The number of anilines is 1. The number of carbonyl (C=O) groups is 1. The number of amides is 1. The van der Waals surface area contributed by atoms with E-state index < -0.39 is 0 Å². The van der Waals surface area contributed by atoms with E-state index in [1.807, 2.05) is 38.1 Å². The van der Waals surface area contributed by atoms with Gasteiger partial charge in [-0.15, -0.1) is 0 Å². The average Bonchev–Trinajstić information content (AvgIpc) is 3.00. The van der Waals surface area contributed by atoms with Gasteiger partial charge < -0.3 is 4.90 Å². The second kappa shape index (κ2) is 8.33. The van der Waals surface area contributed by atoms with Gasteiger partial charge in [-0.05, 0) is 56.4 Å². The number of rotatable bonds is 6. The maximum absolute atomic E-state index is 13.1. The third kappa shape index (κ3) is 4.83.